The Labute approximate surface area is 138 Å². The zero-order valence-electron chi connectivity index (χ0n) is 12.7. The van der Waals surface area contributed by atoms with Gasteiger partial charge in [0.1, 0.15) is 0 Å². The fourth-order valence-corrected chi connectivity index (χ4v) is 2.44. The van der Waals surface area contributed by atoms with Gasteiger partial charge < -0.3 is 11.1 Å². The average Bonchev–Trinajstić information content (AvgIpc) is 2.37. The van der Waals surface area contributed by atoms with Crippen molar-refractivity contribution in [2.45, 2.75) is 32.1 Å². The van der Waals surface area contributed by atoms with E-state index in [2.05, 4.69) is 10.0 Å². The molecular formula is C14H24ClN3O3S. The van der Waals surface area contributed by atoms with Gasteiger partial charge in [-0.1, -0.05) is 18.9 Å². The highest BCUT2D eigenvalue weighted by atomic mass is 35.5. The Bertz CT molecular complexity index is 564. The van der Waals surface area contributed by atoms with Crippen LogP contribution in [0.3, 0.4) is 0 Å². The van der Waals surface area contributed by atoms with Crippen LogP contribution in [0, 0.1) is 0 Å². The molecule has 8 heteroatoms. The minimum atomic E-state index is -3.32. The summed E-state index contributed by atoms with van der Waals surface area (Å²) in [6.45, 7) is 0.687. The lowest BCUT2D eigenvalue weighted by Gasteiger charge is -2.08. The van der Waals surface area contributed by atoms with E-state index in [1.165, 1.54) is 0 Å². The molecule has 0 fully saturated rings. The van der Waals surface area contributed by atoms with E-state index in [9.17, 15) is 13.2 Å². The lowest BCUT2D eigenvalue weighted by molar-refractivity contribution is -0.116. The third kappa shape index (κ3) is 9.59. The lowest BCUT2D eigenvalue weighted by Crippen LogP contribution is -2.12. The van der Waals surface area contributed by atoms with E-state index < -0.39 is 10.0 Å². The number of amides is 1. The smallest absolute Gasteiger partial charge is 0.229 e. The Morgan fingerprint density at radius 2 is 1.77 bits per heavy atom. The summed E-state index contributed by atoms with van der Waals surface area (Å²) in [6, 6.07) is 6.63. The number of carbonyl (C=O) groups is 1. The SMILES string of the molecule is CS(=O)(=O)Nc1cccc(NC(=O)CCCCCCN)c1.Cl. The van der Waals surface area contributed by atoms with Gasteiger partial charge in [-0.2, -0.15) is 0 Å². The fourth-order valence-electron chi connectivity index (χ4n) is 1.88. The molecular weight excluding hydrogens is 326 g/mol. The molecule has 1 amide bonds. The number of nitrogens with two attached hydrogens (primary N) is 1. The predicted molar refractivity (Wildman–Crippen MR) is 92.9 cm³/mol. The van der Waals surface area contributed by atoms with Gasteiger partial charge in [-0.25, -0.2) is 8.42 Å². The normalized spacial score (nSPS) is 10.6. The highest BCUT2D eigenvalue weighted by Gasteiger charge is 2.05. The maximum atomic E-state index is 11.8. The second-order valence-electron chi connectivity index (χ2n) is 4.96. The van der Waals surface area contributed by atoms with Crippen LogP contribution in [-0.2, 0) is 14.8 Å². The molecule has 22 heavy (non-hydrogen) atoms. The summed E-state index contributed by atoms with van der Waals surface area (Å²) in [4.78, 5) is 11.8. The van der Waals surface area contributed by atoms with Gasteiger partial charge in [-0.05, 0) is 37.6 Å². The van der Waals surface area contributed by atoms with E-state index in [1.54, 1.807) is 24.3 Å². The molecule has 0 saturated heterocycles. The highest BCUT2D eigenvalue weighted by molar-refractivity contribution is 7.92. The van der Waals surface area contributed by atoms with Crippen molar-refractivity contribution in [2.75, 3.05) is 22.8 Å². The van der Waals surface area contributed by atoms with Gasteiger partial charge in [0, 0.05) is 12.1 Å². The molecule has 0 radical (unpaired) electrons. The first-order valence-corrected chi connectivity index (χ1v) is 8.87. The molecule has 0 spiro atoms. The summed E-state index contributed by atoms with van der Waals surface area (Å²) in [5.41, 5.74) is 6.41. The van der Waals surface area contributed by atoms with Crippen LogP contribution in [0.25, 0.3) is 0 Å². The number of hydrogen-bond donors (Lipinski definition) is 3. The van der Waals surface area contributed by atoms with Gasteiger partial charge in [-0.3, -0.25) is 9.52 Å². The van der Waals surface area contributed by atoms with Gasteiger partial charge >= 0.3 is 0 Å². The molecule has 4 N–H and O–H groups in total. The van der Waals surface area contributed by atoms with E-state index in [0.717, 1.165) is 31.9 Å². The van der Waals surface area contributed by atoms with Crippen LogP contribution >= 0.6 is 12.4 Å². The fraction of sp³-hybridized carbons (Fsp3) is 0.500. The number of anilines is 2. The van der Waals surface area contributed by atoms with Gasteiger partial charge in [-0.15, -0.1) is 12.4 Å². The largest absolute Gasteiger partial charge is 0.330 e. The van der Waals surface area contributed by atoms with Crippen LogP contribution in [0.5, 0.6) is 0 Å². The first kappa shape index (κ1) is 20.7. The molecule has 0 heterocycles. The van der Waals surface area contributed by atoms with Gasteiger partial charge in [0.2, 0.25) is 15.9 Å². The molecule has 0 bridgehead atoms. The van der Waals surface area contributed by atoms with Crippen molar-refractivity contribution in [1.82, 2.24) is 0 Å². The van der Waals surface area contributed by atoms with Gasteiger partial charge in [0.25, 0.3) is 0 Å². The molecule has 6 nitrogen and oxygen atoms in total. The summed E-state index contributed by atoms with van der Waals surface area (Å²) in [5.74, 6) is -0.0701. The summed E-state index contributed by atoms with van der Waals surface area (Å²) in [6.07, 6.45) is 5.37. The van der Waals surface area contributed by atoms with Crippen molar-refractivity contribution in [2.24, 2.45) is 5.73 Å². The topological polar surface area (TPSA) is 101 Å². The zero-order valence-corrected chi connectivity index (χ0v) is 14.3. The molecule has 0 saturated carbocycles. The molecule has 1 rings (SSSR count). The number of hydrogen-bond acceptors (Lipinski definition) is 4. The molecule has 1 aromatic carbocycles. The van der Waals surface area contributed by atoms with Crippen molar-refractivity contribution < 1.29 is 13.2 Å². The third-order valence-electron chi connectivity index (χ3n) is 2.81. The third-order valence-corrected chi connectivity index (χ3v) is 3.41. The molecule has 0 atom stereocenters. The van der Waals surface area contributed by atoms with E-state index in [1.807, 2.05) is 0 Å². The van der Waals surface area contributed by atoms with Crippen molar-refractivity contribution in [3.63, 3.8) is 0 Å². The van der Waals surface area contributed by atoms with Crippen LogP contribution in [0.2, 0.25) is 0 Å². The lowest BCUT2D eigenvalue weighted by atomic mass is 10.1. The Hall–Kier alpha value is -1.31. The molecule has 0 unspecified atom stereocenters. The van der Waals surface area contributed by atoms with Crippen molar-refractivity contribution in [3.8, 4) is 0 Å². The van der Waals surface area contributed by atoms with E-state index in [-0.39, 0.29) is 18.3 Å². The maximum absolute atomic E-state index is 11.8. The minimum Gasteiger partial charge on any atom is -0.330 e. The monoisotopic (exact) mass is 349 g/mol. The van der Waals surface area contributed by atoms with E-state index in [0.29, 0.717) is 24.3 Å². The number of nitrogens with one attached hydrogen (secondary N) is 2. The highest BCUT2D eigenvalue weighted by Crippen LogP contribution is 2.16. The van der Waals surface area contributed by atoms with Gasteiger partial charge in [0.05, 0.1) is 11.9 Å². The summed E-state index contributed by atoms with van der Waals surface area (Å²) in [7, 11) is -3.32. The molecule has 0 aliphatic heterocycles. The summed E-state index contributed by atoms with van der Waals surface area (Å²) in [5, 5.41) is 2.76. The number of benzene rings is 1. The average molecular weight is 350 g/mol. The number of sulfonamides is 1. The van der Waals surface area contributed by atoms with Gasteiger partial charge in [0.15, 0.2) is 0 Å². The first-order valence-electron chi connectivity index (χ1n) is 6.98. The zero-order chi connectivity index (χ0) is 15.7. The number of halogens is 1. The van der Waals surface area contributed by atoms with Crippen LogP contribution in [0.15, 0.2) is 24.3 Å². The molecule has 1 aromatic rings. The minimum absolute atomic E-state index is 0. The van der Waals surface area contributed by atoms with Crippen molar-refractivity contribution in [3.05, 3.63) is 24.3 Å². The maximum Gasteiger partial charge on any atom is 0.229 e. The first-order chi connectivity index (χ1) is 9.90. The predicted octanol–water partition coefficient (Wildman–Crippen LogP) is 2.33. The molecule has 0 aromatic heterocycles. The Morgan fingerprint density at radius 1 is 1.14 bits per heavy atom. The van der Waals surface area contributed by atoms with Crippen LogP contribution in [0.4, 0.5) is 11.4 Å². The summed E-state index contributed by atoms with van der Waals surface area (Å²) >= 11 is 0. The Kier molecular flexibility index (Phi) is 9.80. The van der Waals surface area contributed by atoms with E-state index >= 15 is 0 Å². The molecule has 0 aliphatic rings. The number of carbonyl (C=O) groups excluding carboxylic acids is 1. The molecule has 126 valence electrons. The van der Waals surface area contributed by atoms with E-state index in [4.69, 9.17) is 5.73 Å². The Balaban J connectivity index is 0.00000441. The molecule has 0 aliphatic carbocycles. The second-order valence-corrected chi connectivity index (χ2v) is 6.70. The second kappa shape index (κ2) is 10.4. The van der Waals surface area contributed by atoms with Crippen molar-refractivity contribution in [1.29, 1.82) is 0 Å². The number of rotatable bonds is 9. The Morgan fingerprint density at radius 3 is 2.41 bits per heavy atom. The summed E-state index contributed by atoms with van der Waals surface area (Å²) < 4.78 is 24.7. The van der Waals surface area contributed by atoms with Crippen LogP contribution in [-0.4, -0.2) is 27.1 Å². The quantitative estimate of drug-likeness (QED) is 0.595. The van der Waals surface area contributed by atoms with Crippen LogP contribution < -0.4 is 15.8 Å². The van der Waals surface area contributed by atoms with Crippen molar-refractivity contribution >= 4 is 39.7 Å². The van der Waals surface area contributed by atoms with Crippen LogP contribution in [0.1, 0.15) is 32.1 Å². The standard InChI is InChI=1S/C14H23N3O3S.ClH/c1-21(19,20)17-13-8-6-7-12(11-13)16-14(18)9-4-2-3-5-10-15;/h6-8,11,17H,2-5,9-10,15H2,1H3,(H,16,18);1H. The number of unbranched alkanes of at least 4 members (excludes halogenated alkanes) is 3.